The maximum Gasteiger partial charge on any atom is 0.231 e. The van der Waals surface area contributed by atoms with Gasteiger partial charge in [-0.3, -0.25) is 4.90 Å². The number of rotatable bonds is 1. The first kappa shape index (κ1) is 11.9. The van der Waals surface area contributed by atoms with Crippen molar-refractivity contribution in [2.24, 2.45) is 0 Å². The number of piperazine rings is 1. The molecule has 3 rings (SSSR count). The van der Waals surface area contributed by atoms with Crippen LogP contribution in [0.5, 0.6) is 0 Å². The lowest BCUT2D eigenvalue weighted by molar-refractivity contribution is 0.133. The molecule has 2 N–H and O–H groups in total. The van der Waals surface area contributed by atoms with Gasteiger partial charge in [0.25, 0.3) is 0 Å². The first-order valence-corrected chi connectivity index (χ1v) is 6.76. The average molecular weight is 269 g/mol. The van der Waals surface area contributed by atoms with Crippen LogP contribution in [0.2, 0.25) is 5.28 Å². The highest BCUT2D eigenvalue weighted by Gasteiger charge is 2.30. The molecule has 6 nitrogen and oxygen atoms in total. The molecule has 1 unspecified atom stereocenters. The topological polar surface area (TPSA) is 71.2 Å². The largest absolute Gasteiger partial charge is 0.368 e. The van der Waals surface area contributed by atoms with E-state index in [-0.39, 0.29) is 11.2 Å². The molecule has 0 amide bonds. The van der Waals surface area contributed by atoms with Crippen LogP contribution in [-0.4, -0.2) is 52.1 Å². The molecule has 0 aromatic carbocycles. The Bertz CT molecular complexity index is 419. The molecule has 0 spiro atoms. The van der Waals surface area contributed by atoms with E-state index in [1.165, 1.54) is 25.8 Å². The quantitative estimate of drug-likeness (QED) is 0.812. The van der Waals surface area contributed by atoms with Gasteiger partial charge in [0, 0.05) is 25.7 Å². The predicted molar refractivity (Wildman–Crippen MR) is 70.7 cm³/mol. The first-order chi connectivity index (χ1) is 8.72. The molecule has 2 aliphatic rings. The summed E-state index contributed by atoms with van der Waals surface area (Å²) in [4.78, 5) is 16.9. The zero-order chi connectivity index (χ0) is 12.5. The molecule has 98 valence electrons. The highest BCUT2D eigenvalue weighted by Crippen LogP contribution is 2.23. The van der Waals surface area contributed by atoms with Gasteiger partial charge in [0.05, 0.1) is 0 Å². The molecule has 0 radical (unpaired) electrons. The molecule has 2 saturated heterocycles. The molecule has 1 aromatic rings. The first-order valence-electron chi connectivity index (χ1n) is 6.38. The maximum absolute atomic E-state index is 5.83. The number of nitrogens with zero attached hydrogens (tertiary/aromatic N) is 5. The summed E-state index contributed by atoms with van der Waals surface area (Å²) in [7, 11) is 0. The number of piperidine rings is 1. The molecular formula is C11H17ClN6. The molecule has 0 bridgehead atoms. The zero-order valence-electron chi connectivity index (χ0n) is 10.2. The number of nitrogens with two attached hydrogens (primary N) is 1. The van der Waals surface area contributed by atoms with E-state index < -0.39 is 0 Å². The van der Waals surface area contributed by atoms with Crippen molar-refractivity contribution in [1.29, 1.82) is 0 Å². The Morgan fingerprint density at radius 3 is 2.83 bits per heavy atom. The minimum atomic E-state index is 0.170. The van der Waals surface area contributed by atoms with Gasteiger partial charge in [-0.15, -0.1) is 0 Å². The number of hydrogen-bond acceptors (Lipinski definition) is 6. The fraction of sp³-hybridized carbons (Fsp3) is 0.727. The van der Waals surface area contributed by atoms with Gasteiger partial charge >= 0.3 is 0 Å². The summed E-state index contributed by atoms with van der Waals surface area (Å²) < 4.78 is 0. The summed E-state index contributed by atoms with van der Waals surface area (Å²) in [6, 6.07) is 0.615. The third kappa shape index (κ3) is 2.35. The number of halogens is 1. The molecule has 18 heavy (non-hydrogen) atoms. The number of aromatic nitrogens is 3. The Kier molecular flexibility index (Phi) is 3.22. The molecule has 2 fully saturated rings. The Balaban J connectivity index is 1.76. The van der Waals surface area contributed by atoms with Crippen LogP contribution in [0.3, 0.4) is 0 Å². The monoisotopic (exact) mass is 268 g/mol. The van der Waals surface area contributed by atoms with E-state index in [4.69, 9.17) is 17.3 Å². The molecule has 7 heteroatoms. The molecule has 2 aliphatic heterocycles. The van der Waals surface area contributed by atoms with E-state index in [0.717, 1.165) is 19.6 Å². The van der Waals surface area contributed by atoms with Crippen molar-refractivity contribution in [3.05, 3.63) is 5.28 Å². The third-order valence-corrected chi connectivity index (χ3v) is 3.90. The van der Waals surface area contributed by atoms with Crippen molar-refractivity contribution >= 4 is 23.5 Å². The maximum atomic E-state index is 5.83. The van der Waals surface area contributed by atoms with Gasteiger partial charge in [-0.2, -0.15) is 15.0 Å². The normalized spacial score (nSPS) is 24.9. The van der Waals surface area contributed by atoms with Crippen molar-refractivity contribution < 1.29 is 0 Å². The van der Waals surface area contributed by atoms with Crippen molar-refractivity contribution in [2.75, 3.05) is 36.8 Å². The van der Waals surface area contributed by atoms with Gasteiger partial charge in [0.2, 0.25) is 17.2 Å². The fourth-order valence-electron chi connectivity index (χ4n) is 2.83. The lowest BCUT2D eigenvalue weighted by Crippen LogP contribution is -2.55. The van der Waals surface area contributed by atoms with E-state index >= 15 is 0 Å². The Morgan fingerprint density at radius 1 is 1.11 bits per heavy atom. The number of hydrogen-bond donors (Lipinski definition) is 1. The smallest absolute Gasteiger partial charge is 0.231 e. The summed E-state index contributed by atoms with van der Waals surface area (Å²) in [6.07, 6.45) is 3.89. The van der Waals surface area contributed by atoms with Crippen molar-refractivity contribution in [1.82, 2.24) is 19.9 Å². The molecule has 0 aliphatic carbocycles. The lowest BCUT2D eigenvalue weighted by Gasteiger charge is -2.43. The van der Waals surface area contributed by atoms with E-state index in [1.54, 1.807) is 0 Å². The highest BCUT2D eigenvalue weighted by molar-refractivity contribution is 6.28. The van der Waals surface area contributed by atoms with Crippen LogP contribution >= 0.6 is 11.6 Å². The molecule has 0 saturated carbocycles. The number of anilines is 2. The predicted octanol–water partition coefficient (Wildman–Crippen LogP) is 0.782. The molecular weight excluding hydrogens is 252 g/mol. The summed E-state index contributed by atoms with van der Waals surface area (Å²) in [5, 5.41) is 0.170. The van der Waals surface area contributed by atoms with Crippen molar-refractivity contribution in [3.8, 4) is 0 Å². The van der Waals surface area contributed by atoms with Gasteiger partial charge in [0.1, 0.15) is 0 Å². The summed E-state index contributed by atoms with van der Waals surface area (Å²) in [5.41, 5.74) is 5.61. The molecule has 1 aromatic heterocycles. The summed E-state index contributed by atoms with van der Waals surface area (Å²) in [6.45, 7) is 4.17. The minimum absolute atomic E-state index is 0.170. The van der Waals surface area contributed by atoms with Crippen LogP contribution < -0.4 is 10.6 Å². The van der Waals surface area contributed by atoms with Gasteiger partial charge < -0.3 is 10.6 Å². The standard InChI is InChI=1S/C11H17ClN6/c12-9-14-10(13)16-11(15-9)18-6-5-17-4-2-1-3-8(17)7-18/h8H,1-7H2,(H2,13,14,15,16). The molecule has 1 atom stereocenters. The second kappa shape index (κ2) is 4.85. The van der Waals surface area contributed by atoms with E-state index in [2.05, 4.69) is 24.8 Å². The average Bonchev–Trinajstić information content (AvgIpc) is 2.37. The van der Waals surface area contributed by atoms with Gasteiger partial charge in [0.15, 0.2) is 0 Å². The Labute approximate surface area is 111 Å². The van der Waals surface area contributed by atoms with E-state index in [0.29, 0.717) is 12.0 Å². The van der Waals surface area contributed by atoms with Crippen LogP contribution in [0, 0.1) is 0 Å². The third-order valence-electron chi connectivity index (χ3n) is 3.73. The highest BCUT2D eigenvalue weighted by atomic mass is 35.5. The van der Waals surface area contributed by atoms with Crippen LogP contribution in [0.25, 0.3) is 0 Å². The second-order valence-corrected chi connectivity index (χ2v) is 5.23. The van der Waals surface area contributed by atoms with Crippen LogP contribution in [0.15, 0.2) is 0 Å². The van der Waals surface area contributed by atoms with Crippen LogP contribution in [0.1, 0.15) is 19.3 Å². The van der Waals surface area contributed by atoms with E-state index in [9.17, 15) is 0 Å². The molecule has 3 heterocycles. The SMILES string of the molecule is Nc1nc(Cl)nc(N2CCN3CCCCC3C2)n1. The fourth-order valence-corrected chi connectivity index (χ4v) is 3.00. The Morgan fingerprint density at radius 2 is 2.00 bits per heavy atom. The number of fused-ring (bicyclic) bond motifs is 1. The summed E-state index contributed by atoms with van der Waals surface area (Å²) in [5.74, 6) is 0.800. The van der Waals surface area contributed by atoms with Crippen LogP contribution in [0.4, 0.5) is 11.9 Å². The van der Waals surface area contributed by atoms with Gasteiger partial charge in [-0.05, 0) is 31.0 Å². The van der Waals surface area contributed by atoms with Gasteiger partial charge in [-0.25, -0.2) is 0 Å². The number of nitrogen functional groups attached to an aromatic ring is 1. The van der Waals surface area contributed by atoms with Crippen LogP contribution in [-0.2, 0) is 0 Å². The minimum Gasteiger partial charge on any atom is -0.368 e. The van der Waals surface area contributed by atoms with Gasteiger partial charge in [-0.1, -0.05) is 6.42 Å². The van der Waals surface area contributed by atoms with Crippen molar-refractivity contribution in [2.45, 2.75) is 25.3 Å². The zero-order valence-corrected chi connectivity index (χ0v) is 11.0. The van der Waals surface area contributed by atoms with Crippen molar-refractivity contribution in [3.63, 3.8) is 0 Å². The Hall–Kier alpha value is -1.14. The second-order valence-electron chi connectivity index (χ2n) is 4.89. The van der Waals surface area contributed by atoms with E-state index in [1.807, 2.05) is 0 Å². The lowest BCUT2D eigenvalue weighted by atomic mass is 10.00. The summed E-state index contributed by atoms with van der Waals surface area (Å²) >= 11 is 5.83.